The van der Waals surface area contributed by atoms with Crippen LogP contribution >= 0.6 is 0 Å². The van der Waals surface area contributed by atoms with E-state index in [2.05, 4.69) is 17.3 Å². The minimum Gasteiger partial charge on any atom is -0.383 e. The number of rotatable bonds is 6. The third kappa shape index (κ3) is 4.18. The molecule has 1 heterocycles. The topological polar surface area (TPSA) is 67.2 Å². The molecule has 0 bridgehead atoms. The molecular weight excluding hydrogens is 326 g/mol. The molecule has 2 aromatic carbocycles. The first kappa shape index (κ1) is 17.9. The average molecular weight is 349 g/mol. The highest BCUT2D eigenvalue weighted by Gasteiger charge is 2.19. The minimum absolute atomic E-state index is 0.0507. The van der Waals surface area contributed by atoms with Gasteiger partial charge in [-0.2, -0.15) is 5.10 Å². The zero-order chi connectivity index (χ0) is 18.5. The van der Waals surface area contributed by atoms with E-state index in [9.17, 15) is 9.90 Å². The highest BCUT2D eigenvalue weighted by Crippen LogP contribution is 2.21. The van der Waals surface area contributed by atoms with Gasteiger partial charge in [0.2, 0.25) is 0 Å². The van der Waals surface area contributed by atoms with E-state index in [1.54, 1.807) is 0 Å². The molecule has 1 aromatic heterocycles. The summed E-state index contributed by atoms with van der Waals surface area (Å²) in [7, 11) is 0. The van der Waals surface area contributed by atoms with Crippen molar-refractivity contribution in [2.24, 2.45) is 0 Å². The van der Waals surface area contributed by atoms with Gasteiger partial charge in [-0.15, -0.1) is 0 Å². The smallest absolute Gasteiger partial charge is 0.254 e. The number of nitrogens with one attached hydrogen (secondary N) is 1. The van der Waals surface area contributed by atoms with Gasteiger partial charge in [0.15, 0.2) is 5.82 Å². The average Bonchev–Trinajstić information content (AvgIpc) is 3.03. The SMILES string of the molecule is Cc1cn([C@@H](C)c2ccccc2)nc1NC(=O)[C@@H](O)Cc1ccccc1. The zero-order valence-corrected chi connectivity index (χ0v) is 15.0. The minimum atomic E-state index is -1.12. The monoisotopic (exact) mass is 349 g/mol. The van der Waals surface area contributed by atoms with Gasteiger partial charge in [0.25, 0.3) is 5.91 Å². The standard InChI is InChI=1S/C21H23N3O2/c1-15-14-24(16(2)18-11-7-4-8-12-18)23-20(15)22-21(26)19(25)13-17-9-5-3-6-10-17/h3-12,14,16,19,25H,13H2,1-2H3,(H,22,23,26)/t16-,19-/m0/s1. The second-order valence-electron chi connectivity index (χ2n) is 6.42. The number of nitrogens with zero attached hydrogens (tertiary/aromatic N) is 2. The van der Waals surface area contributed by atoms with E-state index in [0.717, 1.165) is 16.7 Å². The summed E-state index contributed by atoms with van der Waals surface area (Å²) in [6.45, 7) is 3.94. The normalized spacial score (nSPS) is 13.2. The maximum atomic E-state index is 12.3. The molecule has 5 nitrogen and oxygen atoms in total. The number of amides is 1. The second-order valence-corrected chi connectivity index (χ2v) is 6.42. The molecule has 134 valence electrons. The van der Waals surface area contributed by atoms with Crippen molar-refractivity contribution in [3.63, 3.8) is 0 Å². The Kier molecular flexibility index (Phi) is 5.49. The molecule has 0 aliphatic heterocycles. The summed E-state index contributed by atoms with van der Waals surface area (Å²) in [6, 6.07) is 19.5. The van der Waals surface area contributed by atoms with Crippen molar-refractivity contribution >= 4 is 11.7 Å². The van der Waals surface area contributed by atoms with Crippen LogP contribution in [0.2, 0.25) is 0 Å². The lowest BCUT2D eigenvalue weighted by molar-refractivity contribution is -0.123. The first-order chi connectivity index (χ1) is 12.5. The number of aliphatic hydroxyl groups excluding tert-OH is 1. The van der Waals surface area contributed by atoms with Gasteiger partial charge in [-0.25, -0.2) is 0 Å². The van der Waals surface area contributed by atoms with E-state index < -0.39 is 12.0 Å². The highest BCUT2D eigenvalue weighted by atomic mass is 16.3. The van der Waals surface area contributed by atoms with Crippen LogP contribution in [-0.4, -0.2) is 26.9 Å². The number of aliphatic hydroxyl groups is 1. The summed E-state index contributed by atoms with van der Waals surface area (Å²) in [5.41, 5.74) is 2.90. The Morgan fingerprint density at radius 3 is 2.38 bits per heavy atom. The summed E-state index contributed by atoms with van der Waals surface area (Å²) < 4.78 is 1.82. The van der Waals surface area contributed by atoms with Crippen molar-refractivity contribution in [1.29, 1.82) is 0 Å². The number of hydrogen-bond donors (Lipinski definition) is 2. The maximum absolute atomic E-state index is 12.3. The van der Waals surface area contributed by atoms with E-state index in [0.29, 0.717) is 5.82 Å². The molecule has 3 rings (SSSR count). The molecule has 1 amide bonds. The van der Waals surface area contributed by atoms with Gasteiger partial charge < -0.3 is 10.4 Å². The lowest BCUT2D eigenvalue weighted by Crippen LogP contribution is -2.30. The van der Waals surface area contributed by atoms with E-state index in [-0.39, 0.29) is 12.5 Å². The van der Waals surface area contributed by atoms with Gasteiger partial charge in [-0.05, 0) is 25.0 Å². The number of anilines is 1. The molecule has 3 aromatic rings. The quantitative estimate of drug-likeness (QED) is 0.717. The molecule has 0 fully saturated rings. The Bertz CT molecular complexity index is 859. The van der Waals surface area contributed by atoms with Crippen LogP contribution in [0, 0.1) is 6.92 Å². The molecule has 0 saturated carbocycles. The van der Waals surface area contributed by atoms with Crippen LogP contribution in [0.5, 0.6) is 0 Å². The molecule has 0 unspecified atom stereocenters. The van der Waals surface area contributed by atoms with Crippen LogP contribution in [0.4, 0.5) is 5.82 Å². The Hall–Kier alpha value is -2.92. The predicted octanol–water partition coefficient (Wildman–Crippen LogP) is 3.34. The summed E-state index contributed by atoms with van der Waals surface area (Å²) in [5.74, 6) is 0.0273. The Balaban J connectivity index is 1.68. The van der Waals surface area contributed by atoms with Crippen molar-refractivity contribution in [3.05, 3.63) is 83.6 Å². The van der Waals surface area contributed by atoms with Crippen LogP contribution in [0.3, 0.4) is 0 Å². The third-order valence-corrected chi connectivity index (χ3v) is 4.41. The van der Waals surface area contributed by atoms with Gasteiger partial charge in [-0.1, -0.05) is 60.7 Å². The van der Waals surface area contributed by atoms with E-state index in [1.807, 2.05) is 78.5 Å². The van der Waals surface area contributed by atoms with Gasteiger partial charge in [0, 0.05) is 18.2 Å². The molecule has 0 spiro atoms. The molecule has 0 aliphatic rings. The van der Waals surface area contributed by atoms with Gasteiger partial charge >= 0.3 is 0 Å². The number of benzene rings is 2. The summed E-state index contributed by atoms with van der Waals surface area (Å²) >= 11 is 0. The second kappa shape index (κ2) is 7.97. The summed E-state index contributed by atoms with van der Waals surface area (Å²) in [5, 5.41) is 17.4. The van der Waals surface area contributed by atoms with Crippen LogP contribution in [0.15, 0.2) is 66.9 Å². The van der Waals surface area contributed by atoms with Crippen LogP contribution in [0.1, 0.15) is 29.7 Å². The van der Waals surface area contributed by atoms with E-state index in [4.69, 9.17) is 0 Å². The van der Waals surface area contributed by atoms with Crippen LogP contribution in [-0.2, 0) is 11.2 Å². The van der Waals surface area contributed by atoms with Gasteiger partial charge in [-0.3, -0.25) is 9.48 Å². The molecule has 26 heavy (non-hydrogen) atoms. The van der Waals surface area contributed by atoms with E-state index >= 15 is 0 Å². The molecule has 0 saturated heterocycles. The highest BCUT2D eigenvalue weighted by molar-refractivity contribution is 5.93. The lowest BCUT2D eigenvalue weighted by Gasteiger charge is -2.13. The zero-order valence-electron chi connectivity index (χ0n) is 15.0. The van der Waals surface area contributed by atoms with Crippen LogP contribution in [0.25, 0.3) is 0 Å². The molecular formula is C21H23N3O2. The molecule has 5 heteroatoms. The fourth-order valence-corrected chi connectivity index (χ4v) is 2.82. The van der Waals surface area contributed by atoms with Crippen molar-refractivity contribution in [2.45, 2.75) is 32.4 Å². The van der Waals surface area contributed by atoms with E-state index in [1.165, 1.54) is 0 Å². The first-order valence-corrected chi connectivity index (χ1v) is 8.68. The number of aromatic nitrogens is 2. The number of carbonyl (C=O) groups is 1. The lowest BCUT2D eigenvalue weighted by atomic mass is 10.1. The summed E-state index contributed by atoms with van der Waals surface area (Å²) in [6.07, 6.45) is 1.05. The molecule has 0 aliphatic carbocycles. The first-order valence-electron chi connectivity index (χ1n) is 8.68. The van der Waals surface area contributed by atoms with Gasteiger partial charge in [0.05, 0.1) is 6.04 Å². The van der Waals surface area contributed by atoms with Crippen LogP contribution < -0.4 is 5.32 Å². The maximum Gasteiger partial charge on any atom is 0.254 e. The van der Waals surface area contributed by atoms with Gasteiger partial charge in [0.1, 0.15) is 6.10 Å². The number of aryl methyl sites for hydroxylation is 1. The van der Waals surface area contributed by atoms with Crippen molar-refractivity contribution < 1.29 is 9.90 Å². The fourth-order valence-electron chi connectivity index (χ4n) is 2.82. The Morgan fingerprint density at radius 2 is 1.73 bits per heavy atom. The predicted molar refractivity (Wildman–Crippen MR) is 102 cm³/mol. The number of hydrogen-bond acceptors (Lipinski definition) is 3. The van der Waals surface area contributed by atoms with Crippen molar-refractivity contribution in [3.8, 4) is 0 Å². The molecule has 2 N–H and O–H groups in total. The van der Waals surface area contributed by atoms with Crippen molar-refractivity contribution in [1.82, 2.24) is 9.78 Å². The fraction of sp³-hybridized carbons (Fsp3) is 0.238. The molecule has 0 radical (unpaired) electrons. The number of carbonyl (C=O) groups excluding carboxylic acids is 1. The third-order valence-electron chi connectivity index (χ3n) is 4.41. The Morgan fingerprint density at radius 1 is 1.12 bits per heavy atom. The molecule has 2 atom stereocenters. The summed E-state index contributed by atoms with van der Waals surface area (Å²) in [4.78, 5) is 12.3. The largest absolute Gasteiger partial charge is 0.383 e. The Labute approximate surface area is 153 Å². The van der Waals surface area contributed by atoms with Crippen molar-refractivity contribution in [2.75, 3.05) is 5.32 Å².